The summed E-state index contributed by atoms with van der Waals surface area (Å²) in [6.45, 7) is 8.69. The normalized spacial score (nSPS) is 30.4. The Morgan fingerprint density at radius 1 is 1.26 bits per heavy atom. The summed E-state index contributed by atoms with van der Waals surface area (Å²) < 4.78 is 0. The predicted molar refractivity (Wildman–Crippen MR) is 75.0 cm³/mol. The largest absolute Gasteiger partial charge is 0.391 e. The van der Waals surface area contributed by atoms with Crippen molar-refractivity contribution in [2.24, 2.45) is 5.92 Å². The van der Waals surface area contributed by atoms with Gasteiger partial charge < -0.3 is 20.2 Å². The van der Waals surface area contributed by atoms with E-state index in [1.54, 1.807) is 4.90 Å². The van der Waals surface area contributed by atoms with E-state index in [0.29, 0.717) is 18.5 Å². The number of rotatable bonds is 2. The quantitative estimate of drug-likeness (QED) is 0.782. The van der Waals surface area contributed by atoms with Crippen LogP contribution in [0.3, 0.4) is 0 Å². The molecule has 2 aliphatic heterocycles. The van der Waals surface area contributed by atoms with Crippen LogP contribution < -0.4 is 5.32 Å². The van der Waals surface area contributed by atoms with Crippen LogP contribution in [0, 0.1) is 5.92 Å². The molecule has 2 atom stereocenters. The van der Waals surface area contributed by atoms with Gasteiger partial charge in [0.2, 0.25) is 0 Å². The first-order chi connectivity index (χ1) is 9.10. The van der Waals surface area contributed by atoms with Crippen LogP contribution in [0.1, 0.15) is 33.1 Å². The highest BCUT2D eigenvalue weighted by atomic mass is 16.3. The molecule has 2 rings (SSSR count). The fourth-order valence-corrected chi connectivity index (χ4v) is 2.89. The lowest BCUT2D eigenvalue weighted by Crippen LogP contribution is -2.53. The molecule has 0 spiro atoms. The number of nitrogens with one attached hydrogen (secondary N) is 1. The number of aliphatic hydroxyl groups excluding tert-OH is 1. The molecule has 0 aromatic carbocycles. The van der Waals surface area contributed by atoms with E-state index in [0.717, 1.165) is 45.4 Å². The Morgan fingerprint density at radius 3 is 2.53 bits per heavy atom. The van der Waals surface area contributed by atoms with Crippen LogP contribution in [0.4, 0.5) is 4.79 Å². The zero-order chi connectivity index (χ0) is 13.8. The van der Waals surface area contributed by atoms with Gasteiger partial charge in [0, 0.05) is 32.2 Å². The van der Waals surface area contributed by atoms with Gasteiger partial charge in [-0.2, -0.15) is 0 Å². The van der Waals surface area contributed by atoms with Gasteiger partial charge >= 0.3 is 6.03 Å². The average Bonchev–Trinajstić information content (AvgIpc) is 2.42. The average molecular weight is 269 g/mol. The summed E-state index contributed by atoms with van der Waals surface area (Å²) in [5.74, 6) is 0.303. The van der Waals surface area contributed by atoms with E-state index in [-0.39, 0.29) is 12.1 Å². The van der Waals surface area contributed by atoms with Crippen LogP contribution in [0.25, 0.3) is 0 Å². The van der Waals surface area contributed by atoms with Crippen molar-refractivity contribution in [3.63, 3.8) is 0 Å². The van der Waals surface area contributed by atoms with Crippen molar-refractivity contribution in [1.82, 2.24) is 15.1 Å². The molecule has 0 radical (unpaired) electrons. The molecular weight excluding hydrogens is 242 g/mol. The summed E-state index contributed by atoms with van der Waals surface area (Å²) in [7, 11) is 0. The first-order valence-corrected chi connectivity index (χ1v) is 7.56. The van der Waals surface area contributed by atoms with Gasteiger partial charge in [-0.05, 0) is 31.7 Å². The zero-order valence-electron chi connectivity index (χ0n) is 12.1. The minimum atomic E-state index is -0.374. The van der Waals surface area contributed by atoms with Crippen LogP contribution >= 0.6 is 0 Å². The molecule has 0 aromatic rings. The monoisotopic (exact) mass is 269 g/mol. The fraction of sp³-hybridized carbons (Fsp3) is 0.929. The molecule has 2 unspecified atom stereocenters. The second kappa shape index (κ2) is 6.57. The smallest absolute Gasteiger partial charge is 0.317 e. The third-order valence-corrected chi connectivity index (χ3v) is 4.57. The molecule has 2 amide bonds. The number of hydrogen-bond donors (Lipinski definition) is 2. The molecule has 2 fully saturated rings. The molecule has 0 aliphatic carbocycles. The van der Waals surface area contributed by atoms with Gasteiger partial charge in [0.1, 0.15) is 0 Å². The molecule has 2 N–H and O–H groups in total. The van der Waals surface area contributed by atoms with Crippen molar-refractivity contribution in [2.75, 3.05) is 32.7 Å². The Kier molecular flexibility index (Phi) is 5.05. The molecule has 0 bridgehead atoms. The molecule has 2 heterocycles. The Labute approximate surface area is 115 Å². The maximum Gasteiger partial charge on any atom is 0.317 e. The second-order valence-electron chi connectivity index (χ2n) is 5.94. The van der Waals surface area contributed by atoms with Crippen molar-refractivity contribution in [1.29, 1.82) is 0 Å². The zero-order valence-corrected chi connectivity index (χ0v) is 12.1. The second-order valence-corrected chi connectivity index (χ2v) is 5.94. The third kappa shape index (κ3) is 3.83. The summed E-state index contributed by atoms with van der Waals surface area (Å²) in [6, 6.07) is 0.299. The summed E-state index contributed by atoms with van der Waals surface area (Å²) in [5.41, 5.74) is 0. The maximum absolute atomic E-state index is 12.2. The van der Waals surface area contributed by atoms with E-state index >= 15 is 0 Å². The standard InChI is InChI=1S/C14H27N3O2/c1-3-16-7-5-12(6-8-16)15-14(19)17-9-4-11(2)13(18)10-17/h11-13,18H,3-10H2,1-2H3,(H,15,19). The first kappa shape index (κ1) is 14.6. The minimum Gasteiger partial charge on any atom is -0.391 e. The number of amides is 2. The Morgan fingerprint density at radius 2 is 1.95 bits per heavy atom. The summed E-state index contributed by atoms with van der Waals surface area (Å²) in [4.78, 5) is 16.3. The highest BCUT2D eigenvalue weighted by Gasteiger charge is 2.28. The molecular formula is C14H27N3O2. The van der Waals surface area contributed by atoms with E-state index < -0.39 is 0 Å². The number of nitrogens with zero attached hydrogens (tertiary/aromatic N) is 2. The number of likely N-dealkylation sites (tertiary alicyclic amines) is 2. The number of urea groups is 1. The van der Waals surface area contributed by atoms with Gasteiger partial charge in [-0.25, -0.2) is 4.79 Å². The van der Waals surface area contributed by atoms with E-state index in [1.165, 1.54) is 0 Å². The Balaban J connectivity index is 1.75. The van der Waals surface area contributed by atoms with Crippen molar-refractivity contribution in [2.45, 2.75) is 45.3 Å². The maximum atomic E-state index is 12.2. The summed E-state index contributed by atoms with van der Waals surface area (Å²) in [6.07, 6.45) is 2.59. The molecule has 2 saturated heterocycles. The number of carbonyl (C=O) groups excluding carboxylic acids is 1. The number of piperidine rings is 2. The van der Waals surface area contributed by atoms with E-state index in [2.05, 4.69) is 17.1 Å². The Hall–Kier alpha value is -0.810. The van der Waals surface area contributed by atoms with Crippen molar-refractivity contribution < 1.29 is 9.90 Å². The van der Waals surface area contributed by atoms with Crippen molar-refractivity contribution in [3.8, 4) is 0 Å². The highest BCUT2D eigenvalue weighted by Crippen LogP contribution is 2.17. The summed E-state index contributed by atoms with van der Waals surface area (Å²) in [5, 5.41) is 13.0. The Bertz CT molecular complexity index is 303. The van der Waals surface area contributed by atoms with Gasteiger partial charge in [-0.3, -0.25) is 0 Å². The number of hydrogen-bond acceptors (Lipinski definition) is 3. The molecule has 0 saturated carbocycles. The van der Waals surface area contributed by atoms with Crippen LogP contribution in [0.5, 0.6) is 0 Å². The lowest BCUT2D eigenvalue weighted by Gasteiger charge is -2.37. The molecule has 0 aromatic heterocycles. The van der Waals surface area contributed by atoms with Crippen LogP contribution in [-0.2, 0) is 0 Å². The van der Waals surface area contributed by atoms with Gasteiger partial charge in [0.05, 0.1) is 6.10 Å². The minimum absolute atomic E-state index is 0.000832. The van der Waals surface area contributed by atoms with Crippen LogP contribution in [0.2, 0.25) is 0 Å². The lowest BCUT2D eigenvalue weighted by atomic mass is 9.96. The molecule has 5 nitrogen and oxygen atoms in total. The third-order valence-electron chi connectivity index (χ3n) is 4.57. The van der Waals surface area contributed by atoms with Gasteiger partial charge in [0.15, 0.2) is 0 Å². The van der Waals surface area contributed by atoms with Gasteiger partial charge in [0.25, 0.3) is 0 Å². The van der Waals surface area contributed by atoms with Gasteiger partial charge in [-0.1, -0.05) is 13.8 Å². The van der Waals surface area contributed by atoms with Crippen molar-refractivity contribution in [3.05, 3.63) is 0 Å². The van der Waals surface area contributed by atoms with Gasteiger partial charge in [-0.15, -0.1) is 0 Å². The van der Waals surface area contributed by atoms with Crippen molar-refractivity contribution >= 4 is 6.03 Å². The predicted octanol–water partition coefficient (Wildman–Crippen LogP) is 0.883. The van der Waals surface area contributed by atoms with Crippen LogP contribution in [0.15, 0.2) is 0 Å². The van der Waals surface area contributed by atoms with E-state index in [1.807, 2.05) is 6.92 Å². The topological polar surface area (TPSA) is 55.8 Å². The molecule has 19 heavy (non-hydrogen) atoms. The molecule has 2 aliphatic rings. The first-order valence-electron chi connectivity index (χ1n) is 7.56. The highest BCUT2D eigenvalue weighted by molar-refractivity contribution is 5.74. The van der Waals surface area contributed by atoms with E-state index in [9.17, 15) is 9.90 Å². The summed E-state index contributed by atoms with van der Waals surface area (Å²) >= 11 is 0. The van der Waals surface area contributed by atoms with E-state index in [4.69, 9.17) is 0 Å². The number of β-amino-alcohol motifs (C(OH)–C–C–N with tert-alkyl or cyclic N) is 1. The SMILES string of the molecule is CCN1CCC(NC(=O)N2CCC(C)C(O)C2)CC1. The molecule has 5 heteroatoms. The fourth-order valence-electron chi connectivity index (χ4n) is 2.89. The molecule has 110 valence electrons. The number of carbonyl (C=O) groups is 1. The van der Waals surface area contributed by atoms with Crippen LogP contribution in [-0.4, -0.2) is 65.8 Å². The lowest BCUT2D eigenvalue weighted by molar-refractivity contribution is 0.0423. The number of aliphatic hydroxyl groups is 1.